The van der Waals surface area contributed by atoms with Crippen molar-refractivity contribution in [2.75, 3.05) is 25.5 Å². The summed E-state index contributed by atoms with van der Waals surface area (Å²) in [6.45, 7) is 7.88. The molecule has 0 radical (unpaired) electrons. The van der Waals surface area contributed by atoms with Gasteiger partial charge in [0, 0.05) is 30.3 Å². The van der Waals surface area contributed by atoms with Crippen LogP contribution in [0.1, 0.15) is 29.5 Å². The molecule has 5 nitrogen and oxygen atoms in total. The van der Waals surface area contributed by atoms with Gasteiger partial charge >= 0.3 is 0 Å². The molecule has 3 aromatic rings. The lowest BCUT2D eigenvalue weighted by Gasteiger charge is -2.38. The average molecular weight is 487 g/mol. The van der Waals surface area contributed by atoms with Crippen LogP contribution in [0.15, 0.2) is 97.0 Å². The number of anilines is 1. The number of methoxy groups -OCH3 is 1. The van der Waals surface area contributed by atoms with Crippen molar-refractivity contribution in [3.63, 3.8) is 0 Å². The SMILES string of the molecule is C=CCN(CC=C)S(=O)(=O)c1ccc2c(c1)C1C=CCC1C(c1c(OC)ccc3ccccc13)N2. The van der Waals surface area contributed by atoms with Crippen molar-refractivity contribution in [1.29, 1.82) is 0 Å². The van der Waals surface area contributed by atoms with Gasteiger partial charge in [0.2, 0.25) is 10.0 Å². The summed E-state index contributed by atoms with van der Waals surface area (Å²) < 4.78 is 34.0. The second-order valence-corrected chi connectivity index (χ2v) is 11.0. The van der Waals surface area contributed by atoms with Gasteiger partial charge in [-0.25, -0.2) is 8.42 Å². The first-order chi connectivity index (χ1) is 17.0. The van der Waals surface area contributed by atoms with E-state index in [-0.39, 0.29) is 31.0 Å². The Balaban J connectivity index is 1.60. The number of fused-ring (bicyclic) bond motifs is 4. The zero-order valence-corrected chi connectivity index (χ0v) is 20.7. The number of allylic oxidation sites excluding steroid dienone is 2. The van der Waals surface area contributed by atoms with Gasteiger partial charge in [0.25, 0.3) is 0 Å². The molecule has 0 amide bonds. The smallest absolute Gasteiger partial charge is 0.243 e. The molecule has 0 spiro atoms. The third-order valence-corrected chi connectivity index (χ3v) is 8.93. The molecule has 1 aliphatic carbocycles. The van der Waals surface area contributed by atoms with Crippen LogP contribution in [0, 0.1) is 5.92 Å². The lowest BCUT2D eigenvalue weighted by atomic mass is 9.76. The third-order valence-electron chi connectivity index (χ3n) is 7.10. The van der Waals surface area contributed by atoms with E-state index < -0.39 is 10.0 Å². The van der Waals surface area contributed by atoms with Crippen LogP contribution in [0.4, 0.5) is 5.69 Å². The largest absolute Gasteiger partial charge is 0.496 e. The van der Waals surface area contributed by atoms with Gasteiger partial charge in [0.05, 0.1) is 18.0 Å². The van der Waals surface area contributed by atoms with Crippen LogP contribution in [-0.4, -0.2) is 32.9 Å². The third kappa shape index (κ3) is 3.97. The Morgan fingerprint density at radius 3 is 2.60 bits per heavy atom. The molecule has 35 heavy (non-hydrogen) atoms. The molecule has 6 heteroatoms. The van der Waals surface area contributed by atoms with E-state index in [0.29, 0.717) is 4.90 Å². The van der Waals surface area contributed by atoms with Crippen LogP contribution in [0.5, 0.6) is 5.75 Å². The molecule has 0 aromatic heterocycles. The fraction of sp³-hybridized carbons (Fsp3) is 0.241. The molecule has 180 valence electrons. The highest BCUT2D eigenvalue weighted by Crippen LogP contribution is 2.52. The molecule has 1 aliphatic heterocycles. The van der Waals surface area contributed by atoms with Crippen LogP contribution in [0.25, 0.3) is 10.8 Å². The highest BCUT2D eigenvalue weighted by atomic mass is 32.2. The van der Waals surface area contributed by atoms with Crippen LogP contribution in [0.3, 0.4) is 0 Å². The Morgan fingerprint density at radius 1 is 1.09 bits per heavy atom. The normalized spacial score (nSPS) is 20.8. The van der Waals surface area contributed by atoms with Crippen molar-refractivity contribution in [2.24, 2.45) is 5.92 Å². The zero-order chi connectivity index (χ0) is 24.6. The molecule has 3 aromatic carbocycles. The maximum atomic E-state index is 13.4. The van der Waals surface area contributed by atoms with Gasteiger partial charge in [-0.2, -0.15) is 4.31 Å². The van der Waals surface area contributed by atoms with E-state index in [9.17, 15) is 8.42 Å². The van der Waals surface area contributed by atoms with E-state index in [1.54, 1.807) is 25.3 Å². The van der Waals surface area contributed by atoms with Gasteiger partial charge in [-0.1, -0.05) is 54.6 Å². The second kappa shape index (κ2) is 9.36. The summed E-state index contributed by atoms with van der Waals surface area (Å²) in [5.74, 6) is 1.22. The summed E-state index contributed by atoms with van der Waals surface area (Å²) in [7, 11) is -1.96. The Bertz CT molecular complexity index is 1420. The first-order valence-corrected chi connectivity index (χ1v) is 13.3. The molecule has 3 atom stereocenters. The van der Waals surface area contributed by atoms with Gasteiger partial charge in [-0.15, -0.1) is 13.2 Å². The minimum Gasteiger partial charge on any atom is -0.496 e. The molecular weight excluding hydrogens is 456 g/mol. The lowest BCUT2D eigenvalue weighted by Crippen LogP contribution is -2.32. The van der Waals surface area contributed by atoms with Gasteiger partial charge in [-0.05, 0) is 52.9 Å². The number of rotatable bonds is 8. The van der Waals surface area contributed by atoms with E-state index in [1.165, 1.54) is 15.1 Å². The maximum Gasteiger partial charge on any atom is 0.243 e. The zero-order valence-electron chi connectivity index (χ0n) is 19.9. The fourth-order valence-corrected chi connectivity index (χ4v) is 6.92. The molecule has 5 rings (SSSR count). The Morgan fingerprint density at radius 2 is 1.86 bits per heavy atom. The quantitative estimate of drug-likeness (QED) is 0.395. The monoisotopic (exact) mass is 486 g/mol. The number of nitrogens with one attached hydrogen (secondary N) is 1. The Labute approximate surface area is 207 Å². The topological polar surface area (TPSA) is 58.6 Å². The summed E-state index contributed by atoms with van der Waals surface area (Å²) in [5.41, 5.74) is 3.11. The number of sulfonamides is 1. The predicted molar refractivity (Wildman–Crippen MR) is 142 cm³/mol. The van der Waals surface area contributed by atoms with E-state index in [4.69, 9.17) is 4.74 Å². The van der Waals surface area contributed by atoms with Gasteiger partial charge < -0.3 is 10.1 Å². The molecule has 0 saturated carbocycles. The van der Waals surface area contributed by atoms with Crippen molar-refractivity contribution < 1.29 is 13.2 Å². The predicted octanol–water partition coefficient (Wildman–Crippen LogP) is 6.04. The average Bonchev–Trinajstić information content (AvgIpc) is 3.37. The van der Waals surface area contributed by atoms with Crippen molar-refractivity contribution in [2.45, 2.75) is 23.3 Å². The van der Waals surface area contributed by atoms with E-state index in [0.717, 1.165) is 29.0 Å². The lowest BCUT2D eigenvalue weighted by molar-refractivity contribution is 0.383. The van der Waals surface area contributed by atoms with Crippen molar-refractivity contribution in [3.05, 3.63) is 103 Å². The summed E-state index contributed by atoms with van der Waals surface area (Å²) in [6.07, 6.45) is 8.53. The molecule has 0 bridgehead atoms. The molecule has 2 aliphatic rings. The molecule has 1 N–H and O–H groups in total. The number of hydrogen-bond acceptors (Lipinski definition) is 4. The molecule has 1 heterocycles. The number of benzene rings is 3. The number of hydrogen-bond donors (Lipinski definition) is 1. The molecule has 0 saturated heterocycles. The second-order valence-electron chi connectivity index (χ2n) is 9.03. The summed E-state index contributed by atoms with van der Waals surface area (Å²) in [6, 6.07) is 18.0. The van der Waals surface area contributed by atoms with Crippen molar-refractivity contribution >= 4 is 26.5 Å². The first-order valence-electron chi connectivity index (χ1n) is 11.8. The van der Waals surface area contributed by atoms with E-state index >= 15 is 0 Å². The summed E-state index contributed by atoms with van der Waals surface area (Å²) >= 11 is 0. The standard InChI is InChI=1S/C29H30N2O3S/c1-4-17-31(18-5-2)35(32,33)21-14-15-26-25(19-21)23-11-8-12-24(23)29(30-26)28-22-10-7-6-9-20(22)13-16-27(28)34-3/h4-11,13-16,19,23-24,29-30H,1-2,12,17-18H2,3H3. The van der Waals surface area contributed by atoms with Crippen molar-refractivity contribution in [3.8, 4) is 5.75 Å². The fourth-order valence-electron chi connectivity index (χ4n) is 5.50. The van der Waals surface area contributed by atoms with Crippen LogP contribution in [0.2, 0.25) is 0 Å². The van der Waals surface area contributed by atoms with E-state index in [2.05, 4.69) is 54.9 Å². The maximum absolute atomic E-state index is 13.4. The van der Waals surface area contributed by atoms with Crippen LogP contribution in [-0.2, 0) is 10.0 Å². The molecule has 0 fully saturated rings. The first kappa shape index (κ1) is 23.4. The summed E-state index contributed by atoms with van der Waals surface area (Å²) in [5, 5.41) is 6.09. The Kier molecular flexibility index (Phi) is 6.26. The van der Waals surface area contributed by atoms with Gasteiger partial charge in [0.1, 0.15) is 5.75 Å². The highest BCUT2D eigenvalue weighted by Gasteiger charge is 2.40. The number of nitrogens with zero attached hydrogens (tertiary/aromatic N) is 1. The van der Waals surface area contributed by atoms with Crippen molar-refractivity contribution in [1.82, 2.24) is 4.31 Å². The Hall–Kier alpha value is -3.35. The van der Waals surface area contributed by atoms with Gasteiger partial charge in [-0.3, -0.25) is 0 Å². The summed E-state index contributed by atoms with van der Waals surface area (Å²) in [4.78, 5) is 0.294. The number of ether oxygens (including phenoxy) is 1. The van der Waals surface area contributed by atoms with Crippen LogP contribution >= 0.6 is 0 Å². The van der Waals surface area contributed by atoms with Gasteiger partial charge in [0.15, 0.2) is 0 Å². The molecule has 3 unspecified atom stereocenters. The van der Waals surface area contributed by atoms with E-state index in [1.807, 2.05) is 24.3 Å². The minimum atomic E-state index is -3.67. The minimum absolute atomic E-state index is 0.0315. The van der Waals surface area contributed by atoms with Crippen LogP contribution < -0.4 is 10.1 Å². The molecular formula is C29H30N2O3S. The highest BCUT2D eigenvalue weighted by molar-refractivity contribution is 7.89.